The molecule has 1 aliphatic heterocycles. The lowest BCUT2D eigenvalue weighted by atomic mass is 10.0. The summed E-state index contributed by atoms with van der Waals surface area (Å²) in [6.07, 6.45) is 5.26. The van der Waals surface area contributed by atoms with Gasteiger partial charge in [-0.3, -0.25) is 9.78 Å². The molecular weight excluding hydrogens is 324 g/mol. The molecule has 2 aromatic heterocycles. The smallest absolute Gasteiger partial charge is 0.255 e. The number of pyridine rings is 1. The first-order chi connectivity index (χ1) is 11.8. The first kappa shape index (κ1) is 17.1. The Kier molecular flexibility index (Phi) is 5.96. The Bertz CT molecular complexity index is 633. The minimum atomic E-state index is 0.0263. The molecule has 1 fully saturated rings. The molecule has 2 atom stereocenters. The van der Waals surface area contributed by atoms with Gasteiger partial charge in [-0.25, -0.2) is 0 Å². The van der Waals surface area contributed by atoms with Gasteiger partial charge in [0.1, 0.15) is 0 Å². The normalized spacial score (nSPS) is 20.5. The zero-order chi connectivity index (χ0) is 16.8. The van der Waals surface area contributed by atoms with Crippen LogP contribution in [0.4, 0.5) is 0 Å². The fourth-order valence-electron chi connectivity index (χ4n) is 3.11. The number of carbonyl (C=O) groups excluding carboxylic acids is 1. The Morgan fingerprint density at radius 3 is 3.04 bits per heavy atom. The number of amides is 1. The van der Waals surface area contributed by atoms with E-state index < -0.39 is 0 Å². The van der Waals surface area contributed by atoms with Crippen molar-refractivity contribution in [2.45, 2.75) is 25.0 Å². The Labute approximate surface area is 146 Å². The van der Waals surface area contributed by atoms with E-state index >= 15 is 0 Å². The van der Waals surface area contributed by atoms with Crippen LogP contribution in [0.2, 0.25) is 0 Å². The van der Waals surface area contributed by atoms with E-state index in [2.05, 4.69) is 4.98 Å². The summed E-state index contributed by atoms with van der Waals surface area (Å²) >= 11 is 1.54. The van der Waals surface area contributed by atoms with E-state index in [9.17, 15) is 4.79 Å². The van der Waals surface area contributed by atoms with Crippen molar-refractivity contribution < 1.29 is 14.3 Å². The number of thiophene rings is 1. The van der Waals surface area contributed by atoms with Gasteiger partial charge in [-0.05, 0) is 35.9 Å². The van der Waals surface area contributed by atoms with Crippen LogP contribution in [0, 0.1) is 0 Å². The highest BCUT2D eigenvalue weighted by Crippen LogP contribution is 2.26. The number of hydrogen-bond acceptors (Lipinski definition) is 5. The summed E-state index contributed by atoms with van der Waals surface area (Å²) in [6.45, 7) is 1.83. The average Bonchev–Trinajstić information content (AvgIpc) is 3.26. The second kappa shape index (κ2) is 8.37. The Balaban J connectivity index is 1.75. The van der Waals surface area contributed by atoms with E-state index in [4.69, 9.17) is 9.47 Å². The summed E-state index contributed by atoms with van der Waals surface area (Å²) in [5, 5.41) is 3.84. The predicted octanol–water partition coefficient (Wildman–Crippen LogP) is 2.63. The number of hydrogen-bond donors (Lipinski definition) is 0. The lowest BCUT2D eigenvalue weighted by molar-refractivity contribution is 0.000490. The molecule has 6 heteroatoms. The molecule has 1 saturated heterocycles. The first-order valence-electron chi connectivity index (χ1n) is 8.12. The summed E-state index contributed by atoms with van der Waals surface area (Å²) in [7, 11) is 1.66. The van der Waals surface area contributed by atoms with Crippen LogP contribution in [-0.4, -0.2) is 54.8 Å². The van der Waals surface area contributed by atoms with Crippen molar-refractivity contribution in [1.82, 2.24) is 9.88 Å². The Hall–Kier alpha value is -1.76. The van der Waals surface area contributed by atoms with Crippen molar-refractivity contribution in [1.29, 1.82) is 0 Å². The maximum Gasteiger partial charge on any atom is 0.255 e. The van der Waals surface area contributed by atoms with Gasteiger partial charge in [0.15, 0.2) is 0 Å². The predicted molar refractivity (Wildman–Crippen MR) is 93.3 cm³/mol. The molecule has 1 amide bonds. The van der Waals surface area contributed by atoms with Gasteiger partial charge >= 0.3 is 0 Å². The van der Waals surface area contributed by atoms with Gasteiger partial charge in [0.2, 0.25) is 0 Å². The molecule has 5 nitrogen and oxygen atoms in total. The second-order valence-corrected chi connectivity index (χ2v) is 6.61. The molecule has 0 aromatic carbocycles. The number of ether oxygens (including phenoxy) is 2. The third kappa shape index (κ3) is 4.01. The molecule has 0 saturated carbocycles. The van der Waals surface area contributed by atoms with E-state index in [1.165, 1.54) is 0 Å². The lowest BCUT2D eigenvalue weighted by Gasteiger charge is -2.28. The van der Waals surface area contributed by atoms with Crippen LogP contribution in [0.25, 0.3) is 0 Å². The molecule has 0 radical (unpaired) electrons. The van der Waals surface area contributed by atoms with Crippen LogP contribution >= 0.6 is 11.3 Å². The standard InChI is InChI=1S/C18H22N2O3S/c1-22-8-9-23-17-4-7-20(18(21)15-5-10-24-13-15)16(17)11-14-3-2-6-19-12-14/h2-3,5-6,10,12-13,16-17H,4,7-9,11H2,1H3/t16-,17+/m0/s1. The van der Waals surface area contributed by atoms with E-state index in [0.717, 1.165) is 30.5 Å². The maximum absolute atomic E-state index is 12.8. The van der Waals surface area contributed by atoms with Gasteiger partial charge in [-0.15, -0.1) is 0 Å². The molecule has 0 aliphatic carbocycles. The lowest BCUT2D eigenvalue weighted by Crippen LogP contribution is -2.42. The molecule has 2 aromatic rings. The molecule has 1 aliphatic rings. The quantitative estimate of drug-likeness (QED) is 0.723. The van der Waals surface area contributed by atoms with E-state index in [-0.39, 0.29) is 18.1 Å². The molecular formula is C18H22N2O3S. The minimum Gasteiger partial charge on any atom is -0.382 e. The molecule has 0 N–H and O–H groups in total. The first-order valence-corrected chi connectivity index (χ1v) is 9.06. The number of nitrogens with zero attached hydrogens (tertiary/aromatic N) is 2. The van der Waals surface area contributed by atoms with Crippen molar-refractivity contribution in [3.8, 4) is 0 Å². The molecule has 3 heterocycles. The van der Waals surface area contributed by atoms with Crippen LogP contribution in [0.15, 0.2) is 41.4 Å². The highest BCUT2D eigenvalue weighted by molar-refractivity contribution is 7.08. The third-order valence-corrected chi connectivity index (χ3v) is 4.98. The molecule has 0 bridgehead atoms. The summed E-state index contributed by atoms with van der Waals surface area (Å²) in [6, 6.07) is 5.88. The van der Waals surface area contributed by atoms with E-state index in [1.807, 2.05) is 40.1 Å². The van der Waals surface area contributed by atoms with Crippen LogP contribution in [0.5, 0.6) is 0 Å². The van der Waals surface area contributed by atoms with Crippen molar-refractivity contribution in [3.05, 3.63) is 52.5 Å². The monoisotopic (exact) mass is 346 g/mol. The summed E-state index contributed by atoms with van der Waals surface area (Å²) in [5.74, 6) is 0.0861. The summed E-state index contributed by atoms with van der Waals surface area (Å²) in [5.41, 5.74) is 1.88. The molecule has 0 spiro atoms. The van der Waals surface area contributed by atoms with E-state index in [1.54, 1.807) is 24.6 Å². The Morgan fingerprint density at radius 1 is 1.42 bits per heavy atom. The molecule has 24 heavy (non-hydrogen) atoms. The fraction of sp³-hybridized carbons (Fsp3) is 0.444. The van der Waals surface area contributed by atoms with Crippen molar-refractivity contribution in [2.75, 3.05) is 26.9 Å². The van der Waals surface area contributed by atoms with Gasteiger partial charge in [0.05, 0.1) is 30.9 Å². The highest BCUT2D eigenvalue weighted by atomic mass is 32.1. The Morgan fingerprint density at radius 2 is 2.33 bits per heavy atom. The SMILES string of the molecule is COCCO[C@@H]1CCN(C(=O)c2ccsc2)[C@H]1Cc1cccnc1. The fourth-order valence-corrected chi connectivity index (χ4v) is 3.74. The average molecular weight is 346 g/mol. The maximum atomic E-state index is 12.8. The number of likely N-dealkylation sites (tertiary alicyclic amines) is 1. The summed E-state index contributed by atoms with van der Waals surface area (Å²) in [4.78, 5) is 19.0. The topological polar surface area (TPSA) is 51.7 Å². The van der Waals surface area contributed by atoms with Crippen LogP contribution in [0.3, 0.4) is 0 Å². The zero-order valence-corrected chi connectivity index (χ0v) is 14.6. The van der Waals surface area contributed by atoms with Gasteiger partial charge in [-0.1, -0.05) is 6.07 Å². The van der Waals surface area contributed by atoms with Gasteiger partial charge < -0.3 is 14.4 Å². The van der Waals surface area contributed by atoms with E-state index in [0.29, 0.717) is 13.2 Å². The number of aromatic nitrogens is 1. The van der Waals surface area contributed by atoms with Gasteiger partial charge in [0.25, 0.3) is 5.91 Å². The largest absolute Gasteiger partial charge is 0.382 e. The van der Waals surface area contributed by atoms with Crippen LogP contribution in [-0.2, 0) is 15.9 Å². The number of methoxy groups -OCH3 is 1. The zero-order valence-electron chi connectivity index (χ0n) is 13.8. The minimum absolute atomic E-state index is 0.0263. The second-order valence-electron chi connectivity index (χ2n) is 5.83. The van der Waals surface area contributed by atoms with Crippen molar-refractivity contribution in [3.63, 3.8) is 0 Å². The van der Waals surface area contributed by atoms with Gasteiger partial charge in [-0.2, -0.15) is 11.3 Å². The number of carbonyl (C=O) groups is 1. The van der Waals surface area contributed by atoms with Crippen LogP contribution in [0.1, 0.15) is 22.3 Å². The van der Waals surface area contributed by atoms with Crippen LogP contribution < -0.4 is 0 Å². The van der Waals surface area contributed by atoms with Gasteiger partial charge in [0, 0.05) is 31.4 Å². The van der Waals surface area contributed by atoms with Crippen molar-refractivity contribution >= 4 is 17.2 Å². The molecule has 3 rings (SSSR count). The highest BCUT2D eigenvalue weighted by Gasteiger charge is 2.38. The molecule has 128 valence electrons. The third-order valence-electron chi connectivity index (χ3n) is 4.30. The summed E-state index contributed by atoms with van der Waals surface area (Å²) < 4.78 is 11.1. The number of rotatable bonds is 7. The van der Waals surface area contributed by atoms with Crippen molar-refractivity contribution in [2.24, 2.45) is 0 Å². The molecule has 0 unspecified atom stereocenters.